The smallest absolute Gasteiger partial charge is 0.332 e. The van der Waals surface area contributed by atoms with Crippen LogP contribution in [-0.4, -0.2) is 22.2 Å². The van der Waals surface area contributed by atoms with E-state index in [0.29, 0.717) is 5.56 Å². The quantitative estimate of drug-likeness (QED) is 0.846. The summed E-state index contributed by atoms with van der Waals surface area (Å²) in [5, 5.41) is 12.1. The van der Waals surface area contributed by atoms with Gasteiger partial charge in [-0.05, 0) is 17.7 Å². The standard InChI is InChI=1S/C16H16F2N4O3/c1-21-14(12(7-19)15(23)22(2)16(21)24)20-8-10-4-3-5-11(6-10)25-9-13(17)18/h3-6,13,20H,8-9H2,1-2H3. The summed E-state index contributed by atoms with van der Waals surface area (Å²) in [5.41, 5.74) is -0.777. The molecule has 0 radical (unpaired) electrons. The first-order chi connectivity index (χ1) is 11.8. The van der Waals surface area contributed by atoms with Crippen LogP contribution in [0.25, 0.3) is 0 Å². The van der Waals surface area contributed by atoms with Gasteiger partial charge in [0.05, 0.1) is 0 Å². The molecule has 7 nitrogen and oxygen atoms in total. The Morgan fingerprint density at radius 3 is 2.64 bits per heavy atom. The molecule has 0 fully saturated rings. The molecular formula is C16H16F2N4O3. The molecule has 2 aromatic rings. The highest BCUT2D eigenvalue weighted by Crippen LogP contribution is 2.16. The Bertz CT molecular complexity index is 928. The average molecular weight is 350 g/mol. The fraction of sp³-hybridized carbons (Fsp3) is 0.312. The topological polar surface area (TPSA) is 89.1 Å². The molecule has 1 heterocycles. The van der Waals surface area contributed by atoms with Gasteiger partial charge in [0.15, 0.2) is 5.56 Å². The van der Waals surface area contributed by atoms with Crippen LogP contribution in [0.1, 0.15) is 11.1 Å². The van der Waals surface area contributed by atoms with Crippen LogP contribution < -0.4 is 21.3 Å². The van der Waals surface area contributed by atoms with E-state index in [4.69, 9.17) is 4.74 Å². The summed E-state index contributed by atoms with van der Waals surface area (Å²) in [7, 11) is 2.73. The Morgan fingerprint density at radius 1 is 1.28 bits per heavy atom. The van der Waals surface area contributed by atoms with E-state index in [9.17, 15) is 23.6 Å². The third kappa shape index (κ3) is 4.03. The molecule has 0 saturated heterocycles. The van der Waals surface area contributed by atoms with Crippen molar-refractivity contribution in [3.8, 4) is 11.8 Å². The molecule has 0 aliphatic carbocycles. The zero-order valence-electron chi connectivity index (χ0n) is 13.6. The molecule has 0 aliphatic rings. The van der Waals surface area contributed by atoms with E-state index in [1.54, 1.807) is 30.3 Å². The summed E-state index contributed by atoms with van der Waals surface area (Å²) >= 11 is 0. The zero-order chi connectivity index (χ0) is 18.6. The van der Waals surface area contributed by atoms with Gasteiger partial charge in [-0.15, -0.1) is 0 Å². The first kappa shape index (κ1) is 18.2. The summed E-state index contributed by atoms with van der Waals surface area (Å²) in [4.78, 5) is 24.0. The highest BCUT2D eigenvalue weighted by atomic mass is 19.3. The number of benzene rings is 1. The fourth-order valence-corrected chi connectivity index (χ4v) is 2.24. The molecule has 1 aromatic carbocycles. The molecule has 25 heavy (non-hydrogen) atoms. The van der Waals surface area contributed by atoms with Crippen molar-refractivity contribution in [3.63, 3.8) is 0 Å². The second-order valence-electron chi connectivity index (χ2n) is 5.24. The number of nitrogens with zero attached hydrogens (tertiary/aromatic N) is 3. The van der Waals surface area contributed by atoms with Crippen molar-refractivity contribution < 1.29 is 13.5 Å². The molecule has 0 spiro atoms. The Hall–Kier alpha value is -3.15. The molecular weight excluding hydrogens is 334 g/mol. The number of hydrogen-bond acceptors (Lipinski definition) is 5. The number of alkyl halides is 2. The summed E-state index contributed by atoms with van der Waals surface area (Å²) in [6.45, 7) is -0.542. The van der Waals surface area contributed by atoms with Crippen molar-refractivity contribution in [2.75, 3.05) is 11.9 Å². The molecule has 0 atom stereocenters. The summed E-state index contributed by atoms with van der Waals surface area (Å²) in [5.74, 6) is 0.368. The maximum absolute atomic E-state index is 12.2. The highest BCUT2D eigenvalue weighted by Gasteiger charge is 2.15. The first-order valence-electron chi connectivity index (χ1n) is 7.29. The lowest BCUT2D eigenvalue weighted by molar-refractivity contribution is 0.0818. The zero-order valence-corrected chi connectivity index (χ0v) is 13.6. The number of hydrogen-bond donors (Lipinski definition) is 1. The summed E-state index contributed by atoms with van der Waals surface area (Å²) in [6.07, 6.45) is -2.57. The van der Waals surface area contributed by atoms with Gasteiger partial charge >= 0.3 is 5.69 Å². The number of anilines is 1. The molecule has 9 heteroatoms. The predicted octanol–water partition coefficient (Wildman–Crippen LogP) is 1.21. The van der Waals surface area contributed by atoms with Gasteiger partial charge < -0.3 is 10.1 Å². The highest BCUT2D eigenvalue weighted by molar-refractivity contribution is 5.51. The molecule has 1 aromatic heterocycles. The number of nitrogens with one attached hydrogen (secondary N) is 1. The van der Waals surface area contributed by atoms with Crippen molar-refractivity contribution in [2.45, 2.75) is 13.0 Å². The third-order valence-corrected chi connectivity index (χ3v) is 3.51. The lowest BCUT2D eigenvalue weighted by Gasteiger charge is -2.14. The minimum atomic E-state index is -2.57. The fourth-order valence-electron chi connectivity index (χ4n) is 2.24. The Balaban J connectivity index is 2.25. The number of halogens is 2. The van der Waals surface area contributed by atoms with Gasteiger partial charge in [-0.1, -0.05) is 12.1 Å². The van der Waals surface area contributed by atoms with Crippen LogP contribution in [0.4, 0.5) is 14.6 Å². The molecule has 0 saturated carbocycles. The normalized spacial score (nSPS) is 10.6. The Labute approximate surface area is 141 Å². The van der Waals surface area contributed by atoms with Crippen molar-refractivity contribution >= 4 is 5.82 Å². The number of nitriles is 1. The van der Waals surface area contributed by atoms with Crippen LogP contribution in [-0.2, 0) is 20.6 Å². The minimum absolute atomic E-state index is 0.0921. The van der Waals surface area contributed by atoms with Crippen LogP contribution in [0, 0.1) is 11.3 Å². The van der Waals surface area contributed by atoms with Gasteiger partial charge in [0.1, 0.15) is 24.2 Å². The number of ether oxygens (including phenoxy) is 1. The van der Waals surface area contributed by atoms with Crippen molar-refractivity contribution in [2.24, 2.45) is 14.1 Å². The number of aromatic nitrogens is 2. The van der Waals surface area contributed by atoms with Crippen LogP contribution in [0.5, 0.6) is 5.75 Å². The van der Waals surface area contributed by atoms with E-state index >= 15 is 0 Å². The summed E-state index contributed by atoms with van der Waals surface area (Å²) < 4.78 is 31.3. The van der Waals surface area contributed by atoms with Crippen LogP contribution in [0.3, 0.4) is 0 Å². The maximum Gasteiger partial charge on any atom is 0.332 e. The largest absolute Gasteiger partial charge is 0.488 e. The lowest BCUT2D eigenvalue weighted by Crippen LogP contribution is -2.39. The van der Waals surface area contributed by atoms with E-state index in [1.807, 2.05) is 0 Å². The van der Waals surface area contributed by atoms with Gasteiger partial charge in [0.25, 0.3) is 12.0 Å². The number of rotatable bonds is 6. The van der Waals surface area contributed by atoms with E-state index in [0.717, 1.165) is 9.13 Å². The average Bonchev–Trinajstić information content (AvgIpc) is 2.60. The van der Waals surface area contributed by atoms with Gasteiger partial charge in [-0.3, -0.25) is 13.9 Å². The van der Waals surface area contributed by atoms with Crippen LogP contribution in [0.2, 0.25) is 0 Å². The van der Waals surface area contributed by atoms with E-state index < -0.39 is 24.3 Å². The first-order valence-corrected chi connectivity index (χ1v) is 7.29. The van der Waals surface area contributed by atoms with Crippen molar-refractivity contribution in [3.05, 3.63) is 56.2 Å². The molecule has 132 valence electrons. The van der Waals surface area contributed by atoms with Crippen molar-refractivity contribution in [1.29, 1.82) is 5.26 Å². The van der Waals surface area contributed by atoms with Crippen LogP contribution in [0.15, 0.2) is 33.9 Å². The Kier molecular flexibility index (Phi) is 5.54. The minimum Gasteiger partial charge on any atom is -0.488 e. The molecule has 2 rings (SSSR count). The van der Waals surface area contributed by atoms with E-state index in [1.165, 1.54) is 14.1 Å². The molecule has 0 aliphatic heterocycles. The van der Waals surface area contributed by atoms with Gasteiger partial charge in [0.2, 0.25) is 0 Å². The molecule has 1 N–H and O–H groups in total. The predicted molar refractivity (Wildman–Crippen MR) is 86.9 cm³/mol. The molecule has 0 bridgehead atoms. The van der Waals surface area contributed by atoms with E-state index in [-0.39, 0.29) is 23.7 Å². The third-order valence-electron chi connectivity index (χ3n) is 3.51. The van der Waals surface area contributed by atoms with Gasteiger partial charge in [-0.2, -0.15) is 5.26 Å². The second-order valence-corrected chi connectivity index (χ2v) is 5.24. The molecule has 0 unspecified atom stereocenters. The van der Waals surface area contributed by atoms with Gasteiger partial charge in [-0.25, -0.2) is 13.6 Å². The second kappa shape index (κ2) is 7.61. The maximum atomic E-state index is 12.2. The van der Waals surface area contributed by atoms with E-state index in [2.05, 4.69) is 5.32 Å². The van der Waals surface area contributed by atoms with Gasteiger partial charge in [0, 0.05) is 20.6 Å². The van der Waals surface area contributed by atoms with Crippen LogP contribution >= 0.6 is 0 Å². The monoisotopic (exact) mass is 350 g/mol. The lowest BCUT2D eigenvalue weighted by atomic mass is 10.2. The SMILES string of the molecule is Cn1c(NCc2cccc(OCC(F)F)c2)c(C#N)c(=O)n(C)c1=O. The molecule has 0 amide bonds. The Morgan fingerprint density at radius 2 is 2.00 bits per heavy atom. The van der Waals surface area contributed by atoms with Crippen molar-refractivity contribution in [1.82, 2.24) is 9.13 Å². The summed E-state index contributed by atoms with van der Waals surface area (Å²) in [6, 6.07) is 8.23.